The van der Waals surface area contributed by atoms with Crippen LogP contribution < -0.4 is 10.1 Å². The Morgan fingerprint density at radius 2 is 1.82 bits per heavy atom. The van der Waals surface area contributed by atoms with Crippen LogP contribution in [-0.2, 0) is 14.6 Å². The SMILES string of the molecule is Cc1ccc(-c2csc(NC(=O)COc3ccc(S(C)(=O)=O)cc3)n2)cc1C. The predicted octanol–water partition coefficient (Wildman–Crippen LogP) is 3.85. The zero-order valence-electron chi connectivity index (χ0n) is 15.7. The zero-order valence-corrected chi connectivity index (χ0v) is 17.4. The second-order valence-corrected chi connectivity index (χ2v) is 9.29. The van der Waals surface area contributed by atoms with Gasteiger partial charge in [0.1, 0.15) is 5.75 Å². The van der Waals surface area contributed by atoms with Gasteiger partial charge in [0.25, 0.3) is 5.91 Å². The average molecular weight is 417 g/mol. The molecule has 1 heterocycles. The van der Waals surface area contributed by atoms with Gasteiger partial charge in [-0.1, -0.05) is 12.1 Å². The van der Waals surface area contributed by atoms with E-state index in [4.69, 9.17) is 4.74 Å². The molecular formula is C20H20N2O4S2. The summed E-state index contributed by atoms with van der Waals surface area (Å²) in [5.74, 6) is 0.0747. The Kier molecular flexibility index (Phi) is 5.81. The normalized spacial score (nSPS) is 11.2. The van der Waals surface area contributed by atoms with Crippen molar-refractivity contribution in [3.8, 4) is 17.0 Å². The molecule has 6 nitrogen and oxygen atoms in total. The van der Waals surface area contributed by atoms with E-state index in [0.717, 1.165) is 17.5 Å². The number of rotatable bonds is 6. The largest absolute Gasteiger partial charge is 0.484 e. The van der Waals surface area contributed by atoms with Crippen LogP contribution in [0.3, 0.4) is 0 Å². The number of anilines is 1. The molecule has 0 aliphatic heterocycles. The first kappa shape index (κ1) is 20.0. The first-order chi connectivity index (χ1) is 13.2. The molecule has 0 aliphatic rings. The predicted molar refractivity (Wildman–Crippen MR) is 111 cm³/mol. The summed E-state index contributed by atoms with van der Waals surface area (Å²) in [6.45, 7) is 3.91. The van der Waals surface area contributed by atoms with Crippen molar-refractivity contribution in [2.75, 3.05) is 18.2 Å². The van der Waals surface area contributed by atoms with E-state index in [1.807, 2.05) is 24.4 Å². The van der Waals surface area contributed by atoms with Crippen molar-refractivity contribution < 1.29 is 17.9 Å². The van der Waals surface area contributed by atoms with Gasteiger partial charge in [-0.05, 0) is 55.3 Å². The van der Waals surface area contributed by atoms with Gasteiger partial charge in [0.05, 0.1) is 10.6 Å². The summed E-state index contributed by atoms with van der Waals surface area (Å²) >= 11 is 1.34. The van der Waals surface area contributed by atoms with Crippen LogP contribution in [0.1, 0.15) is 11.1 Å². The Balaban J connectivity index is 1.58. The van der Waals surface area contributed by atoms with Crippen LogP contribution in [0.5, 0.6) is 5.75 Å². The molecule has 0 spiro atoms. The first-order valence-electron chi connectivity index (χ1n) is 8.48. The zero-order chi connectivity index (χ0) is 20.3. The number of sulfone groups is 1. The molecule has 0 saturated heterocycles. The fraction of sp³-hybridized carbons (Fsp3) is 0.200. The number of carbonyl (C=O) groups excluding carboxylic acids is 1. The Bertz CT molecular complexity index is 1100. The third-order valence-electron chi connectivity index (χ3n) is 4.18. The van der Waals surface area contributed by atoms with E-state index in [1.54, 1.807) is 0 Å². The summed E-state index contributed by atoms with van der Waals surface area (Å²) in [6.07, 6.45) is 1.14. The van der Waals surface area contributed by atoms with E-state index in [1.165, 1.54) is 46.7 Å². The fourth-order valence-electron chi connectivity index (χ4n) is 2.45. The van der Waals surface area contributed by atoms with Crippen molar-refractivity contribution in [2.45, 2.75) is 18.7 Å². The summed E-state index contributed by atoms with van der Waals surface area (Å²) in [6, 6.07) is 12.0. The van der Waals surface area contributed by atoms with Crippen LogP contribution in [0.15, 0.2) is 52.7 Å². The molecule has 0 aliphatic carbocycles. The number of amides is 1. The Morgan fingerprint density at radius 3 is 2.46 bits per heavy atom. The molecule has 0 bridgehead atoms. The highest BCUT2D eigenvalue weighted by molar-refractivity contribution is 7.90. The topological polar surface area (TPSA) is 85.4 Å². The molecule has 0 unspecified atom stereocenters. The summed E-state index contributed by atoms with van der Waals surface area (Å²) in [7, 11) is -3.26. The van der Waals surface area contributed by atoms with Crippen LogP contribution in [-0.4, -0.2) is 32.2 Å². The van der Waals surface area contributed by atoms with Gasteiger partial charge in [0.15, 0.2) is 21.6 Å². The minimum atomic E-state index is -3.26. The molecule has 1 N–H and O–H groups in total. The number of hydrogen-bond acceptors (Lipinski definition) is 6. The van der Waals surface area contributed by atoms with E-state index in [-0.39, 0.29) is 17.4 Å². The summed E-state index contributed by atoms with van der Waals surface area (Å²) in [5, 5.41) is 5.10. The molecule has 3 aromatic rings. The number of carbonyl (C=O) groups is 1. The van der Waals surface area contributed by atoms with Crippen molar-refractivity contribution in [2.24, 2.45) is 0 Å². The second kappa shape index (κ2) is 8.12. The second-order valence-electron chi connectivity index (χ2n) is 6.42. The van der Waals surface area contributed by atoms with E-state index in [9.17, 15) is 13.2 Å². The lowest BCUT2D eigenvalue weighted by Crippen LogP contribution is -2.20. The number of aromatic nitrogens is 1. The lowest BCUT2D eigenvalue weighted by molar-refractivity contribution is -0.118. The molecule has 1 aromatic heterocycles. The van der Waals surface area contributed by atoms with Crippen molar-refractivity contribution in [3.05, 3.63) is 59.0 Å². The number of hydrogen-bond donors (Lipinski definition) is 1. The fourth-order valence-corrected chi connectivity index (χ4v) is 3.82. The standard InChI is InChI=1S/C20H20N2O4S2/c1-13-4-5-15(10-14(13)2)18-12-27-20(21-18)22-19(23)11-26-16-6-8-17(9-7-16)28(3,24)25/h4-10,12H,11H2,1-3H3,(H,21,22,23). The van der Waals surface area contributed by atoms with E-state index >= 15 is 0 Å². The lowest BCUT2D eigenvalue weighted by Gasteiger charge is -2.06. The third-order valence-corrected chi connectivity index (χ3v) is 6.06. The van der Waals surface area contributed by atoms with Crippen molar-refractivity contribution in [1.82, 2.24) is 4.98 Å². The Hall–Kier alpha value is -2.71. The minimum Gasteiger partial charge on any atom is -0.484 e. The van der Waals surface area contributed by atoms with Crippen molar-refractivity contribution in [1.29, 1.82) is 0 Å². The summed E-state index contributed by atoms with van der Waals surface area (Å²) < 4.78 is 28.3. The van der Waals surface area contributed by atoms with Gasteiger partial charge in [-0.2, -0.15) is 0 Å². The maximum Gasteiger partial charge on any atom is 0.264 e. The number of nitrogens with one attached hydrogen (secondary N) is 1. The number of ether oxygens (including phenoxy) is 1. The van der Waals surface area contributed by atoms with Gasteiger partial charge in [0.2, 0.25) is 0 Å². The van der Waals surface area contributed by atoms with Crippen LogP contribution in [0.2, 0.25) is 0 Å². The Labute approximate surface area is 168 Å². The molecule has 3 rings (SSSR count). The van der Waals surface area contributed by atoms with Crippen LogP contribution >= 0.6 is 11.3 Å². The van der Waals surface area contributed by atoms with Gasteiger partial charge < -0.3 is 4.74 Å². The van der Waals surface area contributed by atoms with E-state index in [0.29, 0.717) is 10.9 Å². The maximum absolute atomic E-state index is 12.1. The number of thiazole rings is 1. The van der Waals surface area contributed by atoms with E-state index in [2.05, 4.69) is 23.3 Å². The number of aryl methyl sites for hydroxylation is 2. The quantitative estimate of drug-likeness (QED) is 0.660. The molecule has 8 heteroatoms. The number of nitrogens with zero attached hydrogens (tertiary/aromatic N) is 1. The summed E-state index contributed by atoms with van der Waals surface area (Å²) in [4.78, 5) is 16.7. The van der Waals surface area contributed by atoms with Gasteiger partial charge in [-0.15, -0.1) is 11.3 Å². The molecular weight excluding hydrogens is 396 g/mol. The molecule has 0 saturated carbocycles. The molecule has 28 heavy (non-hydrogen) atoms. The highest BCUT2D eigenvalue weighted by Gasteiger charge is 2.10. The molecule has 146 valence electrons. The Morgan fingerprint density at radius 1 is 1.11 bits per heavy atom. The molecule has 0 fully saturated rings. The maximum atomic E-state index is 12.1. The van der Waals surface area contributed by atoms with Crippen LogP contribution in [0.25, 0.3) is 11.3 Å². The van der Waals surface area contributed by atoms with Crippen molar-refractivity contribution >= 4 is 32.2 Å². The monoisotopic (exact) mass is 416 g/mol. The van der Waals surface area contributed by atoms with Gasteiger partial charge in [-0.25, -0.2) is 13.4 Å². The average Bonchev–Trinajstić information content (AvgIpc) is 3.10. The summed E-state index contributed by atoms with van der Waals surface area (Å²) in [5.41, 5.74) is 4.21. The highest BCUT2D eigenvalue weighted by Crippen LogP contribution is 2.26. The minimum absolute atomic E-state index is 0.198. The van der Waals surface area contributed by atoms with Gasteiger partial charge in [0, 0.05) is 17.2 Å². The van der Waals surface area contributed by atoms with Gasteiger partial charge >= 0.3 is 0 Å². The molecule has 0 radical (unpaired) electrons. The van der Waals surface area contributed by atoms with Crippen LogP contribution in [0.4, 0.5) is 5.13 Å². The number of benzene rings is 2. The van der Waals surface area contributed by atoms with Crippen molar-refractivity contribution in [3.63, 3.8) is 0 Å². The third kappa shape index (κ3) is 4.96. The lowest BCUT2D eigenvalue weighted by atomic mass is 10.1. The van der Waals surface area contributed by atoms with Gasteiger partial charge in [-0.3, -0.25) is 10.1 Å². The van der Waals surface area contributed by atoms with Crippen LogP contribution in [0, 0.1) is 13.8 Å². The molecule has 1 amide bonds. The molecule has 0 atom stereocenters. The smallest absolute Gasteiger partial charge is 0.264 e. The molecule has 2 aromatic carbocycles. The highest BCUT2D eigenvalue weighted by atomic mass is 32.2. The first-order valence-corrected chi connectivity index (χ1v) is 11.3. The van der Waals surface area contributed by atoms with E-state index < -0.39 is 9.84 Å².